The maximum Gasteiger partial charge on any atom is 0.338 e. The second-order valence-electron chi connectivity index (χ2n) is 5.97. The Labute approximate surface area is 125 Å². The lowest BCUT2D eigenvalue weighted by Crippen LogP contribution is -2.36. The van der Waals surface area contributed by atoms with E-state index in [1.807, 2.05) is 0 Å². The maximum absolute atomic E-state index is 12.1. The van der Waals surface area contributed by atoms with Crippen molar-refractivity contribution in [3.8, 4) is 5.75 Å². The van der Waals surface area contributed by atoms with E-state index in [0.717, 1.165) is 50.9 Å². The van der Waals surface area contributed by atoms with Crippen LogP contribution in [-0.4, -0.2) is 31.4 Å². The van der Waals surface area contributed by atoms with E-state index in [-0.39, 0.29) is 17.7 Å². The second kappa shape index (κ2) is 6.06. The highest BCUT2D eigenvalue weighted by atomic mass is 16.5. The van der Waals surface area contributed by atoms with E-state index < -0.39 is 0 Å². The molecule has 1 aromatic rings. The molecule has 1 aromatic carbocycles. The fourth-order valence-electron chi connectivity index (χ4n) is 3.33. The van der Waals surface area contributed by atoms with Gasteiger partial charge in [-0.15, -0.1) is 0 Å². The molecule has 1 saturated heterocycles. The highest BCUT2D eigenvalue weighted by Gasteiger charge is 2.39. The minimum Gasteiger partial charge on any atom is -0.497 e. The Kier molecular flexibility index (Phi) is 4.15. The first-order valence-electron chi connectivity index (χ1n) is 7.70. The highest BCUT2D eigenvalue weighted by Crippen LogP contribution is 2.40. The van der Waals surface area contributed by atoms with Crippen LogP contribution in [0.5, 0.6) is 5.75 Å². The maximum atomic E-state index is 12.1. The molecule has 0 atom stereocenters. The average Bonchev–Trinajstić information content (AvgIpc) is 2.98. The SMILES string of the molecule is COc1ccc(C(=O)O[C@H]2CC[C@]3(CCCO3)CC2)cc1. The van der Waals surface area contributed by atoms with E-state index in [4.69, 9.17) is 14.2 Å². The lowest BCUT2D eigenvalue weighted by atomic mass is 9.81. The standard InChI is InChI=1S/C17H22O4/c1-19-14-5-3-13(4-6-14)16(18)21-15-7-10-17(11-8-15)9-2-12-20-17/h3-6,15H,2,7-12H2,1H3/t15-,17+. The normalized spacial score (nSPS) is 28.5. The Morgan fingerprint density at radius 1 is 1.19 bits per heavy atom. The number of benzene rings is 1. The molecule has 1 saturated carbocycles. The molecule has 0 radical (unpaired) electrons. The molecule has 4 heteroatoms. The molecule has 0 unspecified atom stereocenters. The number of rotatable bonds is 3. The summed E-state index contributed by atoms with van der Waals surface area (Å²) in [6, 6.07) is 7.04. The van der Waals surface area contributed by atoms with Crippen molar-refractivity contribution in [2.75, 3.05) is 13.7 Å². The summed E-state index contributed by atoms with van der Waals surface area (Å²) < 4.78 is 16.6. The van der Waals surface area contributed by atoms with Crippen molar-refractivity contribution in [3.63, 3.8) is 0 Å². The van der Waals surface area contributed by atoms with Crippen molar-refractivity contribution in [2.45, 2.75) is 50.2 Å². The molecule has 0 aromatic heterocycles. The average molecular weight is 290 g/mol. The van der Waals surface area contributed by atoms with Gasteiger partial charge in [0.25, 0.3) is 0 Å². The van der Waals surface area contributed by atoms with Gasteiger partial charge in [0, 0.05) is 6.61 Å². The Hall–Kier alpha value is -1.55. The number of carbonyl (C=O) groups excluding carboxylic acids is 1. The summed E-state index contributed by atoms with van der Waals surface area (Å²) in [6.07, 6.45) is 6.17. The molecule has 21 heavy (non-hydrogen) atoms. The van der Waals surface area contributed by atoms with Gasteiger partial charge in [-0.2, -0.15) is 0 Å². The molecule has 0 amide bonds. The smallest absolute Gasteiger partial charge is 0.338 e. The van der Waals surface area contributed by atoms with Crippen LogP contribution in [-0.2, 0) is 9.47 Å². The van der Waals surface area contributed by atoms with Crippen molar-refractivity contribution in [1.29, 1.82) is 0 Å². The minimum atomic E-state index is -0.244. The van der Waals surface area contributed by atoms with Crippen molar-refractivity contribution in [1.82, 2.24) is 0 Å². The van der Waals surface area contributed by atoms with Crippen molar-refractivity contribution in [2.24, 2.45) is 0 Å². The van der Waals surface area contributed by atoms with Crippen LogP contribution in [0.25, 0.3) is 0 Å². The number of hydrogen-bond acceptors (Lipinski definition) is 4. The molecule has 2 fully saturated rings. The number of esters is 1. The first-order chi connectivity index (χ1) is 10.2. The first kappa shape index (κ1) is 14.4. The van der Waals surface area contributed by atoms with E-state index in [1.54, 1.807) is 31.4 Å². The van der Waals surface area contributed by atoms with Crippen LogP contribution in [0.1, 0.15) is 48.9 Å². The van der Waals surface area contributed by atoms with Crippen LogP contribution in [0, 0.1) is 0 Å². The minimum absolute atomic E-state index is 0.0226. The van der Waals surface area contributed by atoms with Crippen LogP contribution in [0.2, 0.25) is 0 Å². The molecule has 1 aliphatic carbocycles. The molecule has 4 nitrogen and oxygen atoms in total. The highest BCUT2D eigenvalue weighted by molar-refractivity contribution is 5.89. The van der Waals surface area contributed by atoms with Crippen molar-refractivity contribution in [3.05, 3.63) is 29.8 Å². The third-order valence-electron chi connectivity index (χ3n) is 4.63. The Bertz CT molecular complexity index is 478. The van der Waals surface area contributed by atoms with Crippen LogP contribution < -0.4 is 4.74 Å². The molecular weight excluding hydrogens is 268 g/mol. The van der Waals surface area contributed by atoms with Crippen molar-refractivity contribution < 1.29 is 19.0 Å². The summed E-state index contributed by atoms with van der Waals surface area (Å²) in [7, 11) is 1.61. The summed E-state index contributed by atoms with van der Waals surface area (Å²) in [5.41, 5.74) is 0.663. The van der Waals surface area contributed by atoms with E-state index in [2.05, 4.69) is 0 Å². The molecule has 0 bridgehead atoms. The molecule has 114 valence electrons. The topological polar surface area (TPSA) is 44.8 Å². The van der Waals surface area contributed by atoms with Gasteiger partial charge in [-0.25, -0.2) is 4.79 Å². The zero-order valence-corrected chi connectivity index (χ0v) is 12.5. The van der Waals surface area contributed by atoms with E-state index in [1.165, 1.54) is 0 Å². The molecule has 2 aliphatic rings. The number of methoxy groups -OCH3 is 1. The fraction of sp³-hybridized carbons (Fsp3) is 0.588. The summed E-state index contributed by atoms with van der Waals surface area (Å²) in [6.45, 7) is 0.885. The monoisotopic (exact) mass is 290 g/mol. The Morgan fingerprint density at radius 3 is 2.48 bits per heavy atom. The van der Waals surface area contributed by atoms with Gasteiger partial charge in [-0.05, 0) is 62.8 Å². The quantitative estimate of drug-likeness (QED) is 0.801. The summed E-state index contributed by atoms with van der Waals surface area (Å²) in [4.78, 5) is 12.1. The summed E-state index contributed by atoms with van der Waals surface area (Å²) in [5.74, 6) is 0.496. The molecule has 1 heterocycles. The number of hydrogen-bond donors (Lipinski definition) is 0. The Balaban J connectivity index is 1.53. The van der Waals surface area contributed by atoms with Crippen LogP contribution in [0.3, 0.4) is 0 Å². The Morgan fingerprint density at radius 2 is 1.90 bits per heavy atom. The van der Waals surface area contributed by atoms with Crippen molar-refractivity contribution >= 4 is 5.97 Å². The lowest BCUT2D eigenvalue weighted by molar-refractivity contribution is -0.0575. The predicted molar refractivity (Wildman–Crippen MR) is 78.6 cm³/mol. The molecule has 0 N–H and O–H groups in total. The van der Waals surface area contributed by atoms with Gasteiger partial charge in [0.15, 0.2) is 0 Å². The van der Waals surface area contributed by atoms with Gasteiger partial charge in [0.05, 0.1) is 18.3 Å². The van der Waals surface area contributed by atoms with Crippen LogP contribution >= 0.6 is 0 Å². The second-order valence-corrected chi connectivity index (χ2v) is 5.97. The van der Waals surface area contributed by atoms with Gasteiger partial charge in [0.1, 0.15) is 11.9 Å². The van der Waals surface area contributed by atoms with Gasteiger partial charge in [-0.1, -0.05) is 0 Å². The lowest BCUT2D eigenvalue weighted by Gasteiger charge is -2.36. The fourth-order valence-corrected chi connectivity index (χ4v) is 3.33. The summed E-state index contributed by atoms with van der Waals surface area (Å²) >= 11 is 0. The number of ether oxygens (including phenoxy) is 3. The third kappa shape index (κ3) is 3.21. The molecule has 1 aliphatic heterocycles. The predicted octanol–water partition coefficient (Wildman–Crippen LogP) is 3.34. The van der Waals surface area contributed by atoms with Crippen LogP contribution in [0.4, 0.5) is 0 Å². The molecule has 3 rings (SSSR count). The molecular formula is C17H22O4. The van der Waals surface area contributed by atoms with E-state index in [9.17, 15) is 4.79 Å². The zero-order chi connectivity index (χ0) is 14.7. The third-order valence-corrected chi connectivity index (χ3v) is 4.63. The first-order valence-corrected chi connectivity index (χ1v) is 7.70. The van der Waals surface area contributed by atoms with Gasteiger partial charge in [-0.3, -0.25) is 0 Å². The van der Waals surface area contributed by atoms with Crippen LogP contribution in [0.15, 0.2) is 24.3 Å². The zero-order valence-electron chi connectivity index (χ0n) is 12.5. The largest absolute Gasteiger partial charge is 0.497 e. The summed E-state index contributed by atoms with van der Waals surface area (Å²) in [5, 5.41) is 0. The number of carbonyl (C=O) groups is 1. The van der Waals surface area contributed by atoms with Gasteiger partial charge < -0.3 is 14.2 Å². The van der Waals surface area contributed by atoms with E-state index in [0.29, 0.717) is 5.56 Å². The molecule has 1 spiro atoms. The van der Waals surface area contributed by atoms with E-state index >= 15 is 0 Å². The van der Waals surface area contributed by atoms with Gasteiger partial charge in [0.2, 0.25) is 0 Å². The van der Waals surface area contributed by atoms with Gasteiger partial charge >= 0.3 is 5.97 Å².